The van der Waals surface area contributed by atoms with E-state index in [0.29, 0.717) is 12.8 Å². The number of methoxy groups -OCH3 is 1. The van der Waals surface area contributed by atoms with Crippen LogP contribution in [0.4, 0.5) is 0 Å². The van der Waals surface area contributed by atoms with Crippen LogP contribution in [0.5, 0.6) is 0 Å². The third-order valence-electron chi connectivity index (χ3n) is 2.40. The van der Waals surface area contributed by atoms with Crippen molar-refractivity contribution in [2.75, 3.05) is 13.7 Å². The number of ether oxygens (including phenoxy) is 1. The van der Waals surface area contributed by atoms with Crippen molar-refractivity contribution in [3.63, 3.8) is 0 Å². The summed E-state index contributed by atoms with van der Waals surface area (Å²) in [5.74, 6) is 0.121. The molecule has 1 aromatic rings. The second-order valence-electron chi connectivity index (χ2n) is 3.63. The van der Waals surface area contributed by atoms with Gasteiger partial charge in [-0.1, -0.05) is 0 Å². The summed E-state index contributed by atoms with van der Waals surface area (Å²) in [7, 11) is 1.54. The molecule has 0 aromatic carbocycles. The van der Waals surface area contributed by atoms with Gasteiger partial charge in [-0.3, -0.25) is 9.48 Å². The number of aromatic nitrogens is 2. The van der Waals surface area contributed by atoms with Crippen LogP contribution in [0.15, 0.2) is 4.47 Å². The zero-order valence-corrected chi connectivity index (χ0v) is 11.5. The highest BCUT2D eigenvalue weighted by Gasteiger charge is 2.13. The Morgan fingerprint density at radius 3 is 2.81 bits per heavy atom. The fourth-order valence-electron chi connectivity index (χ4n) is 1.60. The first-order chi connectivity index (χ1) is 7.60. The van der Waals surface area contributed by atoms with Gasteiger partial charge >= 0.3 is 0 Å². The Labute approximate surface area is 104 Å². The van der Waals surface area contributed by atoms with Crippen molar-refractivity contribution in [3.8, 4) is 0 Å². The second kappa shape index (κ2) is 6.15. The Balaban J connectivity index is 2.69. The number of Topliss-reactive ketones (excluding diaryl/α,β-unsaturated/α-hetero) is 1. The van der Waals surface area contributed by atoms with Gasteiger partial charge in [0.25, 0.3) is 0 Å². The van der Waals surface area contributed by atoms with E-state index < -0.39 is 0 Å². The van der Waals surface area contributed by atoms with Gasteiger partial charge in [0.1, 0.15) is 6.61 Å². The van der Waals surface area contributed by atoms with Crippen LogP contribution in [0.25, 0.3) is 0 Å². The topological polar surface area (TPSA) is 44.1 Å². The molecule has 0 fully saturated rings. The highest BCUT2D eigenvalue weighted by atomic mass is 79.9. The van der Waals surface area contributed by atoms with Crippen molar-refractivity contribution < 1.29 is 9.53 Å². The number of aryl methyl sites for hydroxylation is 2. The summed E-state index contributed by atoms with van der Waals surface area (Å²) in [4.78, 5) is 11.4. The summed E-state index contributed by atoms with van der Waals surface area (Å²) in [6.45, 7) is 5.01. The second-order valence-corrected chi connectivity index (χ2v) is 4.43. The van der Waals surface area contributed by atoms with Crippen LogP contribution in [0.2, 0.25) is 0 Å². The number of nitrogens with zero attached hydrogens (tertiary/aromatic N) is 2. The molecule has 4 nitrogen and oxygen atoms in total. The van der Waals surface area contributed by atoms with Gasteiger partial charge < -0.3 is 4.74 Å². The lowest BCUT2D eigenvalue weighted by Crippen LogP contribution is -2.10. The monoisotopic (exact) mass is 288 g/mol. The van der Waals surface area contributed by atoms with Gasteiger partial charge in [0.05, 0.1) is 15.9 Å². The smallest absolute Gasteiger partial charge is 0.158 e. The third kappa shape index (κ3) is 3.15. The SMILES string of the molecule is CCn1nc(C)c(Br)c1CCC(=O)COC. The summed E-state index contributed by atoms with van der Waals surface area (Å²) in [5.41, 5.74) is 2.06. The molecule has 0 N–H and O–H groups in total. The Bertz CT molecular complexity index is 374. The van der Waals surface area contributed by atoms with Crippen molar-refractivity contribution in [2.45, 2.75) is 33.2 Å². The van der Waals surface area contributed by atoms with Crippen LogP contribution in [-0.2, 0) is 22.5 Å². The molecule has 0 spiro atoms. The highest BCUT2D eigenvalue weighted by molar-refractivity contribution is 9.10. The lowest BCUT2D eigenvalue weighted by atomic mass is 10.2. The van der Waals surface area contributed by atoms with Gasteiger partial charge in [0.2, 0.25) is 0 Å². The summed E-state index contributed by atoms with van der Waals surface area (Å²) < 4.78 is 7.74. The van der Waals surface area contributed by atoms with Crippen molar-refractivity contribution in [1.29, 1.82) is 0 Å². The van der Waals surface area contributed by atoms with E-state index in [1.165, 1.54) is 7.11 Å². The number of rotatable bonds is 6. The predicted molar refractivity (Wildman–Crippen MR) is 65.5 cm³/mol. The predicted octanol–water partition coefficient (Wildman–Crippen LogP) is 2.12. The number of carbonyl (C=O) groups is 1. The molecular weight excluding hydrogens is 272 g/mol. The maximum absolute atomic E-state index is 11.4. The molecule has 0 saturated heterocycles. The first kappa shape index (κ1) is 13.4. The van der Waals surface area contributed by atoms with Crippen LogP contribution < -0.4 is 0 Å². The molecule has 0 saturated carbocycles. The molecule has 1 heterocycles. The van der Waals surface area contributed by atoms with Gasteiger partial charge in [0, 0.05) is 20.1 Å². The minimum atomic E-state index is 0.121. The first-order valence-electron chi connectivity index (χ1n) is 5.32. The number of halogens is 1. The number of hydrogen-bond donors (Lipinski definition) is 0. The van der Waals surface area contributed by atoms with Crippen LogP contribution in [0, 0.1) is 6.92 Å². The van der Waals surface area contributed by atoms with Gasteiger partial charge in [-0.25, -0.2) is 0 Å². The summed E-state index contributed by atoms with van der Waals surface area (Å²) >= 11 is 3.51. The molecule has 0 amide bonds. The molecule has 1 aromatic heterocycles. The molecule has 0 unspecified atom stereocenters. The van der Waals surface area contributed by atoms with E-state index in [4.69, 9.17) is 4.74 Å². The molecule has 90 valence electrons. The summed E-state index contributed by atoms with van der Waals surface area (Å²) in [6.07, 6.45) is 1.20. The Kier molecular flexibility index (Phi) is 5.15. The summed E-state index contributed by atoms with van der Waals surface area (Å²) in [6, 6.07) is 0. The normalized spacial score (nSPS) is 10.8. The van der Waals surface area contributed by atoms with E-state index >= 15 is 0 Å². The van der Waals surface area contributed by atoms with Crippen molar-refractivity contribution in [1.82, 2.24) is 9.78 Å². The standard InChI is InChI=1S/C11H17BrN2O2/c1-4-14-10(11(12)8(2)13-14)6-5-9(15)7-16-3/h4-7H2,1-3H3. The maximum Gasteiger partial charge on any atom is 0.158 e. The lowest BCUT2D eigenvalue weighted by molar-refractivity contribution is -0.122. The molecule has 0 aliphatic heterocycles. The molecule has 0 bridgehead atoms. The Morgan fingerprint density at radius 1 is 1.56 bits per heavy atom. The molecule has 0 aliphatic rings. The molecule has 0 radical (unpaired) electrons. The molecular formula is C11H17BrN2O2. The number of ketones is 1. The molecule has 0 atom stereocenters. The van der Waals surface area contributed by atoms with Crippen LogP contribution in [0.1, 0.15) is 24.7 Å². The molecule has 16 heavy (non-hydrogen) atoms. The van der Waals surface area contributed by atoms with Crippen LogP contribution >= 0.6 is 15.9 Å². The lowest BCUT2D eigenvalue weighted by Gasteiger charge is -2.04. The number of hydrogen-bond acceptors (Lipinski definition) is 3. The quantitative estimate of drug-likeness (QED) is 0.805. The van der Waals surface area contributed by atoms with Crippen LogP contribution in [-0.4, -0.2) is 29.3 Å². The molecule has 1 rings (SSSR count). The molecule has 5 heteroatoms. The largest absolute Gasteiger partial charge is 0.377 e. The van der Waals surface area contributed by atoms with Crippen molar-refractivity contribution in [3.05, 3.63) is 15.9 Å². The first-order valence-corrected chi connectivity index (χ1v) is 6.11. The Hall–Kier alpha value is -0.680. The minimum Gasteiger partial charge on any atom is -0.377 e. The van der Waals surface area contributed by atoms with Crippen molar-refractivity contribution >= 4 is 21.7 Å². The van der Waals surface area contributed by atoms with Gasteiger partial charge in [-0.15, -0.1) is 0 Å². The fourth-order valence-corrected chi connectivity index (χ4v) is 2.08. The maximum atomic E-state index is 11.4. The van der Waals surface area contributed by atoms with Gasteiger partial charge in [-0.2, -0.15) is 5.10 Å². The van der Waals surface area contributed by atoms with Crippen LogP contribution in [0.3, 0.4) is 0 Å². The minimum absolute atomic E-state index is 0.121. The highest BCUT2D eigenvalue weighted by Crippen LogP contribution is 2.22. The molecule has 0 aliphatic carbocycles. The average molecular weight is 289 g/mol. The van der Waals surface area contributed by atoms with Gasteiger partial charge in [0.15, 0.2) is 5.78 Å². The number of carbonyl (C=O) groups excluding carboxylic acids is 1. The third-order valence-corrected chi connectivity index (χ3v) is 3.43. The zero-order valence-electron chi connectivity index (χ0n) is 9.92. The fraction of sp³-hybridized carbons (Fsp3) is 0.636. The van der Waals surface area contributed by atoms with E-state index in [1.54, 1.807) is 0 Å². The van der Waals surface area contributed by atoms with E-state index in [2.05, 4.69) is 21.0 Å². The van der Waals surface area contributed by atoms with E-state index in [-0.39, 0.29) is 12.4 Å². The summed E-state index contributed by atoms with van der Waals surface area (Å²) in [5, 5.41) is 4.38. The zero-order chi connectivity index (χ0) is 12.1. The van der Waals surface area contributed by atoms with E-state index in [9.17, 15) is 4.79 Å². The average Bonchev–Trinajstić information content (AvgIpc) is 2.53. The van der Waals surface area contributed by atoms with Gasteiger partial charge in [-0.05, 0) is 36.2 Å². The van der Waals surface area contributed by atoms with Crippen molar-refractivity contribution in [2.24, 2.45) is 0 Å². The van der Waals surface area contributed by atoms with E-state index in [1.807, 2.05) is 18.5 Å². The van der Waals surface area contributed by atoms with E-state index in [0.717, 1.165) is 22.4 Å². The Morgan fingerprint density at radius 2 is 2.25 bits per heavy atom.